The Morgan fingerprint density at radius 2 is 1.83 bits per heavy atom. The lowest BCUT2D eigenvalue weighted by Crippen LogP contribution is -2.18. The van der Waals surface area contributed by atoms with E-state index in [1.54, 1.807) is 0 Å². The number of hydrogen-bond donors (Lipinski definition) is 1. The Morgan fingerprint density at radius 3 is 2.52 bits per heavy atom. The van der Waals surface area contributed by atoms with Crippen LogP contribution in [-0.4, -0.2) is 18.7 Å². The lowest BCUT2D eigenvalue weighted by molar-refractivity contribution is 0.0699. The van der Waals surface area contributed by atoms with E-state index in [1.165, 1.54) is 49.7 Å². The van der Waals surface area contributed by atoms with Gasteiger partial charge in [0, 0.05) is 5.56 Å². The highest BCUT2D eigenvalue weighted by atomic mass is 16.5. The molecule has 1 aromatic heterocycles. The summed E-state index contributed by atoms with van der Waals surface area (Å²) in [7, 11) is 2.36. The second kappa shape index (κ2) is 5.93. The number of carbonyl (C=O) groups excluding carboxylic acids is 1. The van der Waals surface area contributed by atoms with Crippen LogP contribution in [0.1, 0.15) is 96.8 Å². The molecule has 0 aromatic carbocycles. The third-order valence-electron chi connectivity index (χ3n) is 5.96. The number of aromatic nitrogens is 1. The number of amides is 1. The van der Waals surface area contributed by atoms with Crippen LogP contribution in [-0.2, 0) is 4.74 Å². The SMILES string of the molecule is BC1CCCC(c2cc(C(N)=O)nc3c2C2CCC3O2)CCC1. The van der Waals surface area contributed by atoms with Crippen LogP contribution in [0, 0.1) is 0 Å². The van der Waals surface area contributed by atoms with Crippen molar-refractivity contribution in [1.82, 2.24) is 4.98 Å². The molecule has 2 N–H and O–H groups in total. The first-order chi connectivity index (χ1) is 11.1. The van der Waals surface area contributed by atoms with Gasteiger partial charge in [0.15, 0.2) is 0 Å². The van der Waals surface area contributed by atoms with Gasteiger partial charge in [-0.25, -0.2) is 4.98 Å². The van der Waals surface area contributed by atoms with Crippen LogP contribution in [0.4, 0.5) is 0 Å². The summed E-state index contributed by atoms with van der Waals surface area (Å²) in [6.45, 7) is 0. The average molecular weight is 312 g/mol. The molecule has 2 bridgehead atoms. The van der Waals surface area contributed by atoms with E-state index in [4.69, 9.17) is 10.5 Å². The summed E-state index contributed by atoms with van der Waals surface area (Å²) in [5.74, 6) is 0.955. The van der Waals surface area contributed by atoms with Crippen molar-refractivity contribution in [2.45, 2.75) is 75.3 Å². The molecule has 2 atom stereocenters. The van der Waals surface area contributed by atoms with E-state index >= 15 is 0 Å². The number of fused-ring (bicyclic) bond motifs is 5. The molecule has 0 spiro atoms. The molecule has 5 heteroatoms. The Labute approximate surface area is 138 Å². The van der Waals surface area contributed by atoms with Crippen LogP contribution in [0.15, 0.2) is 6.07 Å². The molecule has 122 valence electrons. The first-order valence-corrected chi connectivity index (χ1v) is 9.13. The van der Waals surface area contributed by atoms with Crippen molar-refractivity contribution in [2.75, 3.05) is 0 Å². The van der Waals surface area contributed by atoms with E-state index in [2.05, 4.69) is 12.8 Å². The Bertz CT molecular complexity index is 624. The zero-order valence-corrected chi connectivity index (χ0v) is 13.9. The summed E-state index contributed by atoms with van der Waals surface area (Å²) >= 11 is 0. The number of rotatable bonds is 2. The highest BCUT2D eigenvalue weighted by molar-refractivity contribution is 6.11. The highest BCUT2D eigenvalue weighted by Crippen LogP contribution is 2.53. The highest BCUT2D eigenvalue weighted by Gasteiger charge is 2.42. The number of pyridine rings is 1. The third-order valence-corrected chi connectivity index (χ3v) is 5.96. The Balaban J connectivity index is 1.72. The van der Waals surface area contributed by atoms with Crippen molar-refractivity contribution >= 4 is 13.8 Å². The molecular formula is C18H25BN2O2. The van der Waals surface area contributed by atoms with Crippen LogP contribution in [0.2, 0.25) is 5.82 Å². The minimum Gasteiger partial charge on any atom is -0.364 e. The monoisotopic (exact) mass is 312 g/mol. The van der Waals surface area contributed by atoms with Crippen molar-refractivity contribution in [1.29, 1.82) is 0 Å². The topological polar surface area (TPSA) is 65.2 Å². The predicted molar refractivity (Wildman–Crippen MR) is 91.3 cm³/mol. The summed E-state index contributed by atoms with van der Waals surface area (Å²) in [5.41, 5.74) is 9.57. The molecule has 2 aliphatic heterocycles. The molecule has 23 heavy (non-hydrogen) atoms. The van der Waals surface area contributed by atoms with Gasteiger partial charge in [0.2, 0.25) is 0 Å². The number of ether oxygens (including phenoxy) is 1. The quantitative estimate of drug-likeness (QED) is 0.854. The van der Waals surface area contributed by atoms with E-state index < -0.39 is 5.91 Å². The zero-order valence-electron chi connectivity index (χ0n) is 13.9. The molecule has 4 rings (SSSR count). The molecule has 3 heterocycles. The van der Waals surface area contributed by atoms with Crippen molar-refractivity contribution in [3.63, 3.8) is 0 Å². The maximum absolute atomic E-state index is 11.7. The fraction of sp³-hybridized carbons (Fsp3) is 0.667. The Hall–Kier alpha value is -1.36. The molecule has 1 amide bonds. The number of nitrogens with zero attached hydrogens (tertiary/aromatic N) is 1. The predicted octanol–water partition coefficient (Wildman–Crippen LogP) is 2.95. The summed E-state index contributed by atoms with van der Waals surface area (Å²) in [5, 5.41) is 0. The molecule has 2 unspecified atom stereocenters. The second-order valence-corrected chi connectivity index (χ2v) is 7.61. The van der Waals surface area contributed by atoms with Gasteiger partial charge in [0.25, 0.3) is 5.91 Å². The van der Waals surface area contributed by atoms with Gasteiger partial charge >= 0.3 is 0 Å². The number of nitrogens with two attached hydrogens (primary N) is 1. The van der Waals surface area contributed by atoms with E-state index in [0.29, 0.717) is 11.6 Å². The summed E-state index contributed by atoms with van der Waals surface area (Å²) < 4.78 is 6.07. The maximum Gasteiger partial charge on any atom is 0.267 e. The molecule has 0 radical (unpaired) electrons. The molecule has 1 saturated heterocycles. The van der Waals surface area contributed by atoms with Gasteiger partial charge in [-0.2, -0.15) is 0 Å². The molecule has 1 aromatic rings. The molecule has 2 fully saturated rings. The third kappa shape index (κ3) is 2.69. The summed E-state index contributed by atoms with van der Waals surface area (Å²) in [6.07, 6.45) is 9.97. The molecule has 3 aliphatic rings. The molecule has 1 saturated carbocycles. The summed E-state index contributed by atoms with van der Waals surface area (Å²) in [4.78, 5) is 16.3. The van der Waals surface area contributed by atoms with Crippen LogP contribution >= 0.6 is 0 Å². The Morgan fingerprint density at radius 1 is 1.13 bits per heavy atom. The first kappa shape index (κ1) is 15.2. The van der Waals surface area contributed by atoms with Gasteiger partial charge in [-0.05, 0) is 43.2 Å². The van der Waals surface area contributed by atoms with Crippen molar-refractivity contribution in [3.8, 4) is 0 Å². The van der Waals surface area contributed by atoms with Gasteiger partial charge in [0.1, 0.15) is 19.6 Å². The Kier molecular flexibility index (Phi) is 3.92. The largest absolute Gasteiger partial charge is 0.364 e. The second-order valence-electron chi connectivity index (χ2n) is 7.61. The number of primary amides is 1. The van der Waals surface area contributed by atoms with Crippen LogP contribution < -0.4 is 5.73 Å². The first-order valence-electron chi connectivity index (χ1n) is 9.13. The fourth-order valence-electron chi connectivity index (χ4n) is 4.73. The van der Waals surface area contributed by atoms with E-state index in [9.17, 15) is 4.79 Å². The van der Waals surface area contributed by atoms with Gasteiger partial charge < -0.3 is 10.5 Å². The lowest BCUT2D eigenvalue weighted by Gasteiger charge is -2.26. The van der Waals surface area contributed by atoms with Crippen molar-refractivity contribution < 1.29 is 9.53 Å². The standard InChI is InChI=1S/C18H25BN2O2/c19-11-5-1-3-10(4-2-6-11)12-9-13(18(20)22)21-17-15-8-7-14(23-15)16(12)17/h9-11,14-15H,1-8,19H2,(H2,20,22). The van der Waals surface area contributed by atoms with E-state index in [1.807, 2.05) is 6.07 Å². The molecule has 1 aliphatic carbocycles. The smallest absolute Gasteiger partial charge is 0.267 e. The van der Waals surface area contributed by atoms with Gasteiger partial charge in [-0.3, -0.25) is 4.79 Å². The van der Waals surface area contributed by atoms with Crippen LogP contribution in [0.5, 0.6) is 0 Å². The number of hydrogen-bond acceptors (Lipinski definition) is 3. The van der Waals surface area contributed by atoms with Gasteiger partial charge in [0.05, 0.1) is 11.8 Å². The van der Waals surface area contributed by atoms with Crippen LogP contribution in [0.25, 0.3) is 0 Å². The van der Waals surface area contributed by atoms with Crippen LogP contribution in [0.3, 0.4) is 0 Å². The molecular weight excluding hydrogens is 287 g/mol. The van der Waals surface area contributed by atoms with Gasteiger partial charge in [-0.1, -0.05) is 31.5 Å². The van der Waals surface area contributed by atoms with E-state index in [-0.39, 0.29) is 12.2 Å². The summed E-state index contributed by atoms with van der Waals surface area (Å²) in [6, 6.07) is 1.97. The van der Waals surface area contributed by atoms with E-state index in [0.717, 1.165) is 24.4 Å². The molecule has 4 nitrogen and oxygen atoms in total. The van der Waals surface area contributed by atoms with Crippen molar-refractivity contribution in [2.24, 2.45) is 5.73 Å². The average Bonchev–Trinajstić information content (AvgIpc) is 3.11. The zero-order chi connectivity index (χ0) is 16.0. The minimum atomic E-state index is -0.420. The lowest BCUT2D eigenvalue weighted by atomic mass is 9.73. The maximum atomic E-state index is 11.7. The van der Waals surface area contributed by atoms with Gasteiger partial charge in [-0.15, -0.1) is 0 Å². The minimum absolute atomic E-state index is 0.0848. The van der Waals surface area contributed by atoms with Crippen molar-refractivity contribution in [3.05, 3.63) is 28.6 Å². The number of carbonyl (C=O) groups is 1. The normalized spacial score (nSPS) is 33.0. The fourth-order valence-corrected chi connectivity index (χ4v) is 4.73.